The first-order valence-corrected chi connectivity index (χ1v) is 11.8. The fourth-order valence-electron chi connectivity index (χ4n) is 2.39. The van der Waals surface area contributed by atoms with Crippen LogP contribution in [0.3, 0.4) is 0 Å². The van der Waals surface area contributed by atoms with Gasteiger partial charge in [0.2, 0.25) is 0 Å². The Balaban J connectivity index is 3.22. The van der Waals surface area contributed by atoms with Crippen molar-refractivity contribution in [3.8, 4) is 11.8 Å². The first-order valence-electron chi connectivity index (χ1n) is 7.58. The van der Waals surface area contributed by atoms with Crippen LogP contribution in [0.25, 0.3) is 0 Å². The average molecular weight is 367 g/mol. The van der Waals surface area contributed by atoms with Crippen LogP contribution in [0.5, 0.6) is 0 Å². The normalized spacial score (nSPS) is 12.4. The molecule has 0 aliphatic carbocycles. The maximum absolute atomic E-state index is 6.64. The lowest BCUT2D eigenvalue weighted by molar-refractivity contribution is 0.0274. The number of benzene rings is 1. The van der Waals surface area contributed by atoms with E-state index in [2.05, 4.69) is 68.6 Å². The molecule has 0 bridgehead atoms. The second-order valence-electron chi connectivity index (χ2n) is 6.71. The van der Waals surface area contributed by atoms with E-state index >= 15 is 0 Å². The van der Waals surface area contributed by atoms with Crippen LogP contribution in [0.2, 0.25) is 13.1 Å². The van der Waals surface area contributed by atoms with Crippen LogP contribution in [0.4, 0.5) is 0 Å². The van der Waals surface area contributed by atoms with Crippen molar-refractivity contribution >= 4 is 24.2 Å². The highest BCUT2D eigenvalue weighted by atomic mass is 79.9. The third-order valence-corrected chi connectivity index (χ3v) is 9.24. The molecule has 0 heterocycles. The number of halogens is 1. The highest BCUT2D eigenvalue weighted by molar-refractivity contribution is 9.09. The Morgan fingerprint density at radius 2 is 1.62 bits per heavy atom. The summed E-state index contributed by atoms with van der Waals surface area (Å²) in [6, 6.07) is 10.2. The smallest absolute Gasteiger partial charge is 0.199 e. The van der Waals surface area contributed by atoms with Crippen molar-refractivity contribution in [3.05, 3.63) is 35.9 Å². The van der Waals surface area contributed by atoms with E-state index < -0.39 is 8.32 Å². The standard InChI is InChI=1S/C18H27BrOSi/c1-15(2)18(16(3)4,20-21(5,6)14-19)13-12-17-10-8-7-9-11-17/h7-11,15-16H,14H2,1-6H3. The molecule has 0 aromatic heterocycles. The van der Waals surface area contributed by atoms with E-state index in [4.69, 9.17) is 4.43 Å². The van der Waals surface area contributed by atoms with Crippen molar-refractivity contribution in [2.75, 3.05) is 4.95 Å². The Morgan fingerprint density at radius 1 is 1.10 bits per heavy atom. The minimum atomic E-state index is -1.76. The molecule has 116 valence electrons. The fraction of sp³-hybridized carbons (Fsp3) is 0.556. The molecule has 3 heteroatoms. The van der Waals surface area contributed by atoms with Gasteiger partial charge in [0.05, 0.1) is 0 Å². The molecule has 1 aromatic rings. The molecule has 1 nitrogen and oxygen atoms in total. The van der Waals surface area contributed by atoms with E-state index in [-0.39, 0.29) is 5.60 Å². The Kier molecular flexibility index (Phi) is 6.71. The summed E-state index contributed by atoms with van der Waals surface area (Å²) in [5.74, 6) is 7.50. The molecule has 0 amide bonds. The van der Waals surface area contributed by atoms with Crippen molar-refractivity contribution in [1.29, 1.82) is 0 Å². The summed E-state index contributed by atoms with van der Waals surface area (Å²) in [5.41, 5.74) is 0.657. The van der Waals surface area contributed by atoms with Gasteiger partial charge < -0.3 is 4.43 Å². The Labute approximate surface area is 139 Å². The van der Waals surface area contributed by atoms with E-state index in [9.17, 15) is 0 Å². The molecule has 1 aromatic carbocycles. The molecule has 1 rings (SSSR count). The molecule has 0 spiro atoms. The third-order valence-electron chi connectivity index (χ3n) is 3.66. The van der Waals surface area contributed by atoms with Crippen LogP contribution < -0.4 is 0 Å². The second-order valence-corrected chi connectivity index (χ2v) is 12.4. The molecule has 0 aliphatic rings. The fourth-order valence-corrected chi connectivity index (χ4v) is 4.23. The summed E-state index contributed by atoms with van der Waals surface area (Å²) in [6.07, 6.45) is 0. The lowest BCUT2D eigenvalue weighted by atomic mass is 9.81. The highest BCUT2D eigenvalue weighted by Gasteiger charge is 2.41. The zero-order chi connectivity index (χ0) is 16.1. The summed E-state index contributed by atoms with van der Waals surface area (Å²) in [4.78, 5) is 0.925. The third kappa shape index (κ3) is 4.98. The van der Waals surface area contributed by atoms with Crippen molar-refractivity contribution in [1.82, 2.24) is 0 Å². The lowest BCUT2D eigenvalue weighted by Crippen LogP contribution is -2.51. The van der Waals surface area contributed by atoms with Gasteiger partial charge in [0, 0.05) is 10.5 Å². The minimum absolute atomic E-state index is 0.347. The number of alkyl halides is 1. The summed E-state index contributed by atoms with van der Waals surface area (Å²) >= 11 is 3.61. The van der Waals surface area contributed by atoms with Gasteiger partial charge in [-0.2, -0.15) is 0 Å². The highest BCUT2D eigenvalue weighted by Crippen LogP contribution is 2.33. The SMILES string of the molecule is CC(C)C(C#Cc1ccccc1)(O[Si](C)(C)CBr)C(C)C. The lowest BCUT2D eigenvalue weighted by Gasteiger charge is -2.42. The minimum Gasteiger partial charge on any atom is -0.400 e. The summed E-state index contributed by atoms with van der Waals surface area (Å²) in [7, 11) is -1.76. The Hall–Kier alpha value is -0.563. The van der Waals surface area contributed by atoms with E-state index in [0.717, 1.165) is 10.5 Å². The van der Waals surface area contributed by atoms with E-state index in [0.29, 0.717) is 11.8 Å². The van der Waals surface area contributed by atoms with Crippen LogP contribution in [0.1, 0.15) is 33.3 Å². The van der Waals surface area contributed by atoms with Gasteiger partial charge in [-0.1, -0.05) is 73.7 Å². The van der Waals surface area contributed by atoms with Gasteiger partial charge in [-0.3, -0.25) is 0 Å². The van der Waals surface area contributed by atoms with Gasteiger partial charge in [-0.25, -0.2) is 0 Å². The zero-order valence-corrected chi connectivity index (χ0v) is 16.6. The molecule has 0 saturated carbocycles. The summed E-state index contributed by atoms with van der Waals surface area (Å²) in [6.45, 7) is 13.3. The van der Waals surface area contributed by atoms with Gasteiger partial charge in [-0.15, -0.1) is 0 Å². The largest absolute Gasteiger partial charge is 0.400 e. The molecule has 0 unspecified atom stereocenters. The predicted octanol–water partition coefficient (Wildman–Crippen LogP) is 5.24. The Morgan fingerprint density at radius 3 is 2.05 bits per heavy atom. The van der Waals surface area contributed by atoms with Crippen molar-refractivity contribution in [2.24, 2.45) is 11.8 Å². The zero-order valence-electron chi connectivity index (χ0n) is 14.0. The monoisotopic (exact) mass is 366 g/mol. The topological polar surface area (TPSA) is 9.23 Å². The van der Waals surface area contributed by atoms with Gasteiger partial charge in [0.25, 0.3) is 0 Å². The first kappa shape index (κ1) is 18.5. The van der Waals surface area contributed by atoms with Gasteiger partial charge >= 0.3 is 0 Å². The van der Waals surface area contributed by atoms with Crippen molar-refractivity contribution in [2.45, 2.75) is 46.4 Å². The number of rotatable bonds is 5. The molecule has 21 heavy (non-hydrogen) atoms. The maximum atomic E-state index is 6.64. The number of hydrogen-bond acceptors (Lipinski definition) is 1. The van der Waals surface area contributed by atoms with E-state index in [1.807, 2.05) is 30.3 Å². The summed E-state index contributed by atoms with van der Waals surface area (Å²) in [5, 5.41) is 0. The molecule has 0 N–H and O–H groups in total. The van der Waals surface area contributed by atoms with E-state index in [1.165, 1.54) is 0 Å². The molecular weight excluding hydrogens is 340 g/mol. The van der Waals surface area contributed by atoms with Gasteiger partial charge in [-0.05, 0) is 37.1 Å². The van der Waals surface area contributed by atoms with Crippen LogP contribution in [-0.2, 0) is 4.43 Å². The van der Waals surface area contributed by atoms with Gasteiger partial charge in [0.1, 0.15) is 5.60 Å². The molecule has 0 radical (unpaired) electrons. The van der Waals surface area contributed by atoms with Crippen LogP contribution in [0.15, 0.2) is 30.3 Å². The van der Waals surface area contributed by atoms with Crippen LogP contribution in [0, 0.1) is 23.7 Å². The molecular formula is C18H27BrOSi. The molecule has 0 aliphatic heterocycles. The first-order chi connectivity index (χ1) is 9.73. The summed E-state index contributed by atoms with van der Waals surface area (Å²) < 4.78 is 6.64. The molecule has 0 saturated heterocycles. The van der Waals surface area contributed by atoms with Crippen molar-refractivity contribution in [3.63, 3.8) is 0 Å². The Bertz CT molecular complexity index is 489. The maximum Gasteiger partial charge on any atom is 0.199 e. The molecule has 0 atom stereocenters. The average Bonchev–Trinajstić information content (AvgIpc) is 2.44. The van der Waals surface area contributed by atoms with Crippen molar-refractivity contribution < 1.29 is 4.43 Å². The van der Waals surface area contributed by atoms with Gasteiger partial charge in [0.15, 0.2) is 8.32 Å². The second kappa shape index (κ2) is 7.62. The van der Waals surface area contributed by atoms with Crippen LogP contribution in [-0.4, -0.2) is 18.9 Å². The number of hydrogen-bond donors (Lipinski definition) is 0. The quantitative estimate of drug-likeness (QED) is 0.393. The predicted molar refractivity (Wildman–Crippen MR) is 98.1 cm³/mol. The van der Waals surface area contributed by atoms with Crippen LogP contribution >= 0.6 is 15.9 Å². The van der Waals surface area contributed by atoms with E-state index in [1.54, 1.807) is 0 Å². The molecule has 0 fully saturated rings.